The van der Waals surface area contributed by atoms with Gasteiger partial charge in [0.25, 0.3) is 0 Å². The molecule has 0 nitrogen and oxygen atoms in total. The van der Waals surface area contributed by atoms with Gasteiger partial charge in [-0.05, 0) is 86.9 Å². The second-order valence-electron chi connectivity index (χ2n) is 8.80. The number of hydrogen-bond acceptors (Lipinski definition) is 0. The van der Waals surface area contributed by atoms with Crippen molar-refractivity contribution in [1.82, 2.24) is 0 Å². The van der Waals surface area contributed by atoms with Crippen molar-refractivity contribution >= 4 is 11.6 Å². The first-order valence-electron chi connectivity index (χ1n) is 9.84. The molecule has 0 aromatic carbocycles. The summed E-state index contributed by atoms with van der Waals surface area (Å²) < 4.78 is 14.2. The van der Waals surface area contributed by atoms with Crippen LogP contribution in [0.5, 0.6) is 0 Å². The smallest absolute Gasteiger partial charge is 0.119 e. The number of hydrogen-bond donors (Lipinski definition) is 0. The number of alkyl halides is 2. The fourth-order valence-corrected chi connectivity index (χ4v) is 6.20. The van der Waals surface area contributed by atoms with Crippen LogP contribution in [0.3, 0.4) is 0 Å². The maximum absolute atomic E-state index is 14.2. The minimum atomic E-state index is -0.780. The second-order valence-corrected chi connectivity index (χ2v) is 9.31. The lowest BCUT2D eigenvalue weighted by molar-refractivity contribution is 0.0740. The Balaban J connectivity index is 1.49. The molecule has 0 aliphatic heterocycles. The van der Waals surface area contributed by atoms with Crippen molar-refractivity contribution in [2.45, 2.75) is 89.6 Å². The molecule has 0 aromatic heterocycles. The van der Waals surface area contributed by atoms with Crippen LogP contribution in [0.4, 0.5) is 4.39 Å². The van der Waals surface area contributed by atoms with Crippen LogP contribution in [0.25, 0.3) is 0 Å². The van der Waals surface area contributed by atoms with Crippen molar-refractivity contribution in [3.05, 3.63) is 0 Å². The van der Waals surface area contributed by atoms with Gasteiger partial charge in [0.1, 0.15) is 6.17 Å². The topological polar surface area (TPSA) is 0 Å². The first-order valence-corrected chi connectivity index (χ1v) is 10.3. The molecule has 0 radical (unpaired) electrons. The van der Waals surface area contributed by atoms with Gasteiger partial charge in [-0.2, -0.15) is 0 Å². The van der Waals surface area contributed by atoms with Crippen molar-refractivity contribution in [2.75, 3.05) is 0 Å². The van der Waals surface area contributed by atoms with E-state index in [1.165, 1.54) is 51.4 Å². The summed E-state index contributed by atoms with van der Waals surface area (Å²) >= 11 is 6.49. The van der Waals surface area contributed by atoms with E-state index in [2.05, 4.69) is 6.92 Å². The van der Waals surface area contributed by atoms with Crippen molar-refractivity contribution in [3.8, 4) is 0 Å². The summed E-state index contributed by atoms with van der Waals surface area (Å²) in [4.78, 5) is 0. The quantitative estimate of drug-likeness (QED) is 0.500. The Hall–Kier alpha value is 0.220. The maximum Gasteiger partial charge on any atom is 0.119 e. The Labute approximate surface area is 141 Å². The standard InChI is InChI=1S/C20H34ClF/c1-13-3-6-15(7-4-13)16-8-10-17(11-9-16)18-12-5-14(2)20(22)19(18)21/h13-20H,3-12H2,1-2H3/t13?,14-,15?,16?,17?,18?,19?,20?/m1/s1. The SMILES string of the molecule is CC1CCC(C2CCC(C3CC[C@@H](C)C(F)C3Cl)CC2)CC1. The van der Waals surface area contributed by atoms with Crippen molar-refractivity contribution < 1.29 is 4.39 Å². The summed E-state index contributed by atoms with van der Waals surface area (Å²) in [5, 5.41) is -0.221. The van der Waals surface area contributed by atoms with E-state index in [4.69, 9.17) is 11.6 Å². The molecule has 0 aromatic rings. The summed E-state index contributed by atoms with van der Waals surface area (Å²) in [7, 11) is 0. The second kappa shape index (κ2) is 7.41. The predicted molar refractivity (Wildman–Crippen MR) is 93.0 cm³/mol. The van der Waals surface area contributed by atoms with Gasteiger partial charge in [0, 0.05) is 0 Å². The van der Waals surface area contributed by atoms with Crippen LogP contribution in [0, 0.1) is 35.5 Å². The van der Waals surface area contributed by atoms with Crippen LogP contribution in [0.2, 0.25) is 0 Å². The third-order valence-corrected chi connectivity index (χ3v) is 7.93. The average Bonchev–Trinajstić information content (AvgIpc) is 2.54. The molecule has 0 spiro atoms. The molecule has 0 heterocycles. The lowest BCUT2D eigenvalue weighted by Crippen LogP contribution is -2.41. The molecule has 0 saturated heterocycles. The minimum Gasteiger partial charge on any atom is -0.246 e. The highest BCUT2D eigenvalue weighted by atomic mass is 35.5. The molecule has 3 saturated carbocycles. The largest absolute Gasteiger partial charge is 0.246 e. The Morgan fingerprint density at radius 2 is 1.18 bits per heavy atom. The maximum atomic E-state index is 14.2. The van der Waals surface area contributed by atoms with Gasteiger partial charge in [0.15, 0.2) is 0 Å². The lowest BCUT2D eigenvalue weighted by Gasteiger charge is -2.43. The molecule has 2 heteroatoms. The zero-order chi connectivity index (χ0) is 15.7. The average molecular weight is 329 g/mol. The monoisotopic (exact) mass is 328 g/mol. The molecule has 3 aliphatic rings. The Kier molecular flexibility index (Phi) is 5.74. The van der Waals surface area contributed by atoms with Gasteiger partial charge in [-0.1, -0.05) is 26.7 Å². The summed E-state index contributed by atoms with van der Waals surface area (Å²) in [5.74, 6) is 4.22. The highest BCUT2D eigenvalue weighted by molar-refractivity contribution is 6.21. The van der Waals surface area contributed by atoms with Gasteiger partial charge in [-0.15, -0.1) is 11.6 Å². The molecule has 0 N–H and O–H groups in total. The number of rotatable bonds is 2. The fourth-order valence-electron chi connectivity index (χ4n) is 5.62. The van der Waals surface area contributed by atoms with Gasteiger partial charge in [-0.25, -0.2) is 4.39 Å². The predicted octanol–water partition coefficient (Wildman–Crippen LogP) is 6.61. The van der Waals surface area contributed by atoms with E-state index in [0.29, 0.717) is 11.8 Å². The van der Waals surface area contributed by atoms with Crippen LogP contribution >= 0.6 is 11.6 Å². The molecular weight excluding hydrogens is 295 g/mol. The van der Waals surface area contributed by atoms with Gasteiger partial charge in [-0.3, -0.25) is 0 Å². The molecule has 3 unspecified atom stereocenters. The summed E-state index contributed by atoms with van der Waals surface area (Å²) in [6.07, 6.45) is 12.6. The minimum absolute atomic E-state index is 0.166. The van der Waals surface area contributed by atoms with Crippen molar-refractivity contribution in [3.63, 3.8) is 0 Å². The van der Waals surface area contributed by atoms with Crippen LogP contribution in [0.1, 0.15) is 78.1 Å². The summed E-state index contributed by atoms with van der Waals surface area (Å²) in [6.45, 7) is 4.43. The molecule has 0 amide bonds. The first kappa shape index (κ1) is 17.1. The normalized spacial score (nSPS) is 50.7. The molecule has 3 aliphatic carbocycles. The van der Waals surface area contributed by atoms with E-state index in [1.54, 1.807) is 0 Å². The molecule has 3 fully saturated rings. The third kappa shape index (κ3) is 3.65. The first-order chi connectivity index (χ1) is 10.6. The third-order valence-electron chi connectivity index (χ3n) is 7.36. The molecule has 3 rings (SSSR count). The molecule has 128 valence electrons. The van der Waals surface area contributed by atoms with Crippen LogP contribution in [-0.2, 0) is 0 Å². The zero-order valence-electron chi connectivity index (χ0n) is 14.4. The highest BCUT2D eigenvalue weighted by Gasteiger charge is 2.41. The molecule has 4 atom stereocenters. The van der Waals surface area contributed by atoms with E-state index in [-0.39, 0.29) is 11.3 Å². The van der Waals surface area contributed by atoms with E-state index < -0.39 is 6.17 Å². The Morgan fingerprint density at radius 1 is 0.682 bits per heavy atom. The van der Waals surface area contributed by atoms with E-state index in [1.807, 2.05) is 6.92 Å². The van der Waals surface area contributed by atoms with Gasteiger partial charge in [0.2, 0.25) is 0 Å². The van der Waals surface area contributed by atoms with E-state index in [0.717, 1.165) is 30.6 Å². The van der Waals surface area contributed by atoms with E-state index >= 15 is 0 Å². The van der Waals surface area contributed by atoms with Crippen LogP contribution in [-0.4, -0.2) is 11.5 Å². The lowest BCUT2D eigenvalue weighted by atomic mass is 9.65. The molecule has 0 bridgehead atoms. The van der Waals surface area contributed by atoms with Crippen LogP contribution < -0.4 is 0 Å². The van der Waals surface area contributed by atoms with Crippen molar-refractivity contribution in [1.29, 1.82) is 0 Å². The Morgan fingerprint density at radius 3 is 1.77 bits per heavy atom. The van der Waals surface area contributed by atoms with Gasteiger partial charge in [0.05, 0.1) is 5.38 Å². The number of halogens is 2. The molecule has 22 heavy (non-hydrogen) atoms. The fraction of sp³-hybridized carbons (Fsp3) is 1.00. The highest BCUT2D eigenvalue weighted by Crippen LogP contribution is 2.47. The Bertz CT molecular complexity index is 342. The van der Waals surface area contributed by atoms with Crippen molar-refractivity contribution in [2.24, 2.45) is 35.5 Å². The summed E-state index contributed by atoms with van der Waals surface area (Å²) in [5.41, 5.74) is 0. The van der Waals surface area contributed by atoms with E-state index in [9.17, 15) is 4.39 Å². The van der Waals surface area contributed by atoms with Gasteiger partial charge >= 0.3 is 0 Å². The van der Waals surface area contributed by atoms with Crippen LogP contribution in [0.15, 0.2) is 0 Å². The zero-order valence-corrected chi connectivity index (χ0v) is 15.2. The summed E-state index contributed by atoms with van der Waals surface area (Å²) in [6, 6.07) is 0. The molecular formula is C20H34ClF. The van der Waals surface area contributed by atoms with Gasteiger partial charge < -0.3 is 0 Å².